The molecule has 45 heavy (non-hydrogen) atoms. The van der Waals surface area contributed by atoms with Gasteiger partial charge < -0.3 is 9.32 Å². The molecule has 0 amide bonds. The van der Waals surface area contributed by atoms with Crippen LogP contribution in [0.25, 0.3) is 0 Å². The first-order chi connectivity index (χ1) is 21.2. The third-order valence-electron chi connectivity index (χ3n) is 10.1. The smallest absolute Gasteiger partial charge is 0.290 e. The molecule has 0 saturated carbocycles. The van der Waals surface area contributed by atoms with Crippen molar-refractivity contribution in [2.24, 2.45) is 0 Å². The maximum Gasteiger partial charge on any atom is 0.290 e. The van der Waals surface area contributed by atoms with Crippen LogP contribution in [0.2, 0.25) is 0 Å². The second kappa shape index (κ2) is 10.2. The second-order valence-corrected chi connectivity index (χ2v) is 16.6. The van der Waals surface area contributed by atoms with E-state index in [1.165, 1.54) is 48.5 Å². The molecule has 2 nitrogen and oxygen atoms in total. The number of furan rings is 1. The highest BCUT2D eigenvalue weighted by atomic mass is 32.2. The third kappa shape index (κ3) is 4.79. The van der Waals surface area contributed by atoms with Gasteiger partial charge in [0.15, 0.2) is 0 Å². The summed E-state index contributed by atoms with van der Waals surface area (Å²) in [5.74, 6) is 1.03. The molecule has 5 aromatic rings. The molecular formula is C41H44BNOS. The highest BCUT2D eigenvalue weighted by Gasteiger charge is 2.47. The molecule has 0 spiro atoms. The van der Waals surface area contributed by atoms with E-state index in [4.69, 9.17) is 4.42 Å². The van der Waals surface area contributed by atoms with E-state index < -0.39 is 0 Å². The van der Waals surface area contributed by atoms with Gasteiger partial charge in [0, 0.05) is 32.3 Å². The van der Waals surface area contributed by atoms with Crippen molar-refractivity contribution in [3.05, 3.63) is 119 Å². The van der Waals surface area contributed by atoms with E-state index in [1.807, 2.05) is 11.8 Å². The second-order valence-electron chi connectivity index (χ2n) is 15.6. The minimum atomic E-state index is -0.105. The fourth-order valence-electron chi connectivity index (χ4n) is 7.45. The van der Waals surface area contributed by atoms with Gasteiger partial charge in [-0.3, -0.25) is 0 Å². The summed E-state index contributed by atoms with van der Waals surface area (Å²) in [6.45, 7) is 22.8. The molecule has 1 aromatic heterocycles. The van der Waals surface area contributed by atoms with E-state index in [2.05, 4.69) is 159 Å². The number of hydrogen-bond donors (Lipinski definition) is 0. The Hall–Kier alpha value is -3.63. The van der Waals surface area contributed by atoms with Crippen LogP contribution < -0.4 is 21.5 Å². The predicted molar refractivity (Wildman–Crippen MR) is 194 cm³/mol. The maximum atomic E-state index is 6.65. The number of rotatable bonds is 3. The Bertz CT molecular complexity index is 1880. The minimum absolute atomic E-state index is 0.0995. The van der Waals surface area contributed by atoms with Crippen LogP contribution in [-0.2, 0) is 16.2 Å². The van der Waals surface area contributed by atoms with Gasteiger partial charge in [-0.15, -0.1) is 0 Å². The van der Waals surface area contributed by atoms with Gasteiger partial charge in [0.2, 0.25) is 0 Å². The van der Waals surface area contributed by atoms with Gasteiger partial charge in [-0.2, -0.15) is 0 Å². The molecule has 0 bridgehead atoms. The van der Waals surface area contributed by atoms with E-state index in [0.717, 1.165) is 28.5 Å². The predicted octanol–water partition coefficient (Wildman–Crippen LogP) is 9.58. The number of benzene rings is 4. The normalized spacial score (nSPS) is 14.9. The number of anilines is 3. The fourth-order valence-corrected chi connectivity index (χ4v) is 8.65. The van der Waals surface area contributed by atoms with Crippen molar-refractivity contribution in [2.45, 2.75) is 95.3 Å². The van der Waals surface area contributed by atoms with Crippen molar-refractivity contribution < 1.29 is 4.42 Å². The van der Waals surface area contributed by atoms with E-state index in [9.17, 15) is 0 Å². The molecule has 7 rings (SSSR count). The van der Waals surface area contributed by atoms with E-state index >= 15 is 0 Å². The lowest BCUT2D eigenvalue weighted by Gasteiger charge is -2.39. The SMILES string of the molecule is Cc1oc2c(c1C)C(C)(C)c1cccc3c1B2c1ccc(N(c2ccc(C(C)(C)C)cc2)c2ccc(C(C)(C)C)cc2)cc1S3. The van der Waals surface area contributed by atoms with Crippen molar-refractivity contribution in [1.29, 1.82) is 0 Å². The van der Waals surface area contributed by atoms with Gasteiger partial charge >= 0.3 is 0 Å². The summed E-state index contributed by atoms with van der Waals surface area (Å²) in [7, 11) is 0. The quantitative estimate of drug-likeness (QED) is 0.186. The van der Waals surface area contributed by atoms with Crippen molar-refractivity contribution in [1.82, 2.24) is 0 Å². The van der Waals surface area contributed by atoms with Gasteiger partial charge in [0.05, 0.1) is 5.66 Å². The van der Waals surface area contributed by atoms with Crippen LogP contribution in [-0.4, -0.2) is 6.71 Å². The molecule has 4 aromatic carbocycles. The fraction of sp³-hybridized carbons (Fsp3) is 0.317. The van der Waals surface area contributed by atoms with Crippen molar-refractivity contribution >= 4 is 52.1 Å². The van der Waals surface area contributed by atoms with Crippen molar-refractivity contribution in [3.8, 4) is 0 Å². The van der Waals surface area contributed by atoms with Crippen LogP contribution >= 0.6 is 11.8 Å². The first-order valence-electron chi connectivity index (χ1n) is 16.2. The zero-order valence-electron chi connectivity index (χ0n) is 28.4. The lowest BCUT2D eigenvalue weighted by Crippen LogP contribution is -2.62. The Balaban J connectivity index is 1.39. The molecule has 2 aliphatic rings. The van der Waals surface area contributed by atoms with Gasteiger partial charge in [-0.1, -0.05) is 115 Å². The third-order valence-corrected chi connectivity index (χ3v) is 11.2. The van der Waals surface area contributed by atoms with Crippen LogP contribution in [0.5, 0.6) is 0 Å². The minimum Gasteiger partial charge on any atom is -0.475 e. The number of nitrogens with zero attached hydrogens (tertiary/aromatic N) is 1. The molecule has 228 valence electrons. The summed E-state index contributed by atoms with van der Waals surface area (Å²) in [6.07, 6.45) is 0. The van der Waals surface area contributed by atoms with E-state index in [-0.39, 0.29) is 23.0 Å². The Morgan fingerprint density at radius 1 is 0.689 bits per heavy atom. The van der Waals surface area contributed by atoms with E-state index in [1.54, 1.807) is 0 Å². The van der Waals surface area contributed by atoms with Crippen molar-refractivity contribution in [3.63, 3.8) is 0 Å². The first kappa shape index (κ1) is 30.1. The van der Waals surface area contributed by atoms with Gasteiger partial charge in [-0.25, -0.2) is 0 Å². The molecule has 0 aliphatic carbocycles. The summed E-state index contributed by atoms with van der Waals surface area (Å²) in [6, 6.07) is 32.2. The summed E-state index contributed by atoms with van der Waals surface area (Å²) in [4.78, 5) is 5.03. The molecule has 0 unspecified atom stereocenters. The van der Waals surface area contributed by atoms with Crippen LogP contribution in [0.4, 0.5) is 17.1 Å². The van der Waals surface area contributed by atoms with Crippen LogP contribution in [0, 0.1) is 13.8 Å². The number of aryl methyl sites for hydroxylation is 1. The Labute approximate surface area is 274 Å². The highest BCUT2D eigenvalue weighted by molar-refractivity contribution is 8.00. The standard InChI is InChI=1S/C41H44BNOS/c1-25-26(2)44-38-36(25)41(9,10)32-12-11-13-34-37(32)42(38)33-23-22-31(24-35(33)45-34)43(29-18-14-27(15-19-29)39(3,4)5)30-20-16-28(17-21-30)40(6,7)8/h11-24H,1-10H3. The molecule has 2 aliphatic heterocycles. The van der Waals surface area contributed by atoms with Gasteiger partial charge in [0.1, 0.15) is 5.76 Å². The maximum absolute atomic E-state index is 6.65. The van der Waals surface area contributed by atoms with Gasteiger partial charge in [0.25, 0.3) is 6.71 Å². The summed E-state index contributed by atoms with van der Waals surface area (Å²) in [5.41, 5.74) is 14.2. The van der Waals surface area contributed by atoms with Crippen LogP contribution in [0.1, 0.15) is 89.0 Å². The number of hydrogen-bond acceptors (Lipinski definition) is 3. The zero-order valence-corrected chi connectivity index (χ0v) is 29.2. The Kier molecular flexibility index (Phi) is 6.81. The average Bonchev–Trinajstić information content (AvgIpc) is 3.29. The Morgan fingerprint density at radius 2 is 1.24 bits per heavy atom. The molecule has 4 heteroatoms. The topological polar surface area (TPSA) is 16.4 Å². The zero-order chi connectivity index (χ0) is 32.1. The Morgan fingerprint density at radius 3 is 1.80 bits per heavy atom. The summed E-state index contributed by atoms with van der Waals surface area (Å²) < 4.78 is 6.65. The van der Waals surface area contributed by atoms with Crippen LogP contribution in [0.15, 0.2) is 99.1 Å². The van der Waals surface area contributed by atoms with E-state index in [0.29, 0.717) is 0 Å². The lowest BCUT2D eigenvalue weighted by molar-refractivity contribution is 0.552. The molecule has 0 N–H and O–H groups in total. The molecule has 0 atom stereocenters. The van der Waals surface area contributed by atoms with Crippen molar-refractivity contribution in [2.75, 3.05) is 4.90 Å². The van der Waals surface area contributed by atoms with Gasteiger partial charge in [-0.05, 0) is 100 Å². The molecule has 0 saturated heterocycles. The highest BCUT2D eigenvalue weighted by Crippen LogP contribution is 2.44. The number of fused-ring (bicyclic) bond motifs is 4. The molecule has 0 fully saturated rings. The monoisotopic (exact) mass is 609 g/mol. The van der Waals surface area contributed by atoms with Crippen LogP contribution in [0.3, 0.4) is 0 Å². The molecule has 0 radical (unpaired) electrons. The largest absolute Gasteiger partial charge is 0.475 e. The average molecular weight is 610 g/mol. The molecular weight excluding hydrogens is 565 g/mol. The molecule has 3 heterocycles. The summed E-state index contributed by atoms with van der Waals surface area (Å²) in [5, 5.41) is 0. The lowest BCUT2D eigenvalue weighted by atomic mass is 9.33. The summed E-state index contributed by atoms with van der Waals surface area (Å²) >= 11 is 1.90. The first-order valence-corrected chi connectivity index (χ1v) is 17.0.